The fourth-order valence-electron chi connectivity index (χ4n) is 1.87. The van der Waals surface area contributed by atoms with Gasteiger partial charge in [-0.05, 0) is 31.0 Å². The number of halogens is 1. The third kappa shape index (κ3) is 4.18. The topological polar surface area (TPSA) is 73.6 Å². The largest absolute Gasteiger partial charge is 0.397 e. The maximum absolute atomic E-state index is 12.8. The van der Waals surface area contributed by atoms with E-state index in [0.29, 0.717) is 18.9 Å². The first-order valence-electron chi connectivity index (χ1n) is 6.19. The monoisotopic (exact) mass is 268 g/mol. The summed E-state index contributed by atoms with van der Waals surface area (Å²) >= 11 is 0. The van der Waals surface area contributed by atoms with E-state index >= 15 is 0 Å². The lowest BCUT2D eigenvalue weighted by atomic mass is 10.1. The Bertz CT molecular complexity index is 448. The van der Waals surface area contributed by atoms with Gasteiger partial charge in [-0.2, -0.15) is 0 Å². The fraction of sp³-hybridized carbons (Fsp3) is 0.462. The smallest absolute Gasteiger partial charge is 0.250 e. The third-order valence-corrected chi connectivity index (χ3v) is 2.91. The van der Waals surface area contributed by atoms with Gasteiger partial charge in [-0.25, -0.2) is 4.39 Å². The van der Waals surface area contributed by atoms with Crippen molar-refractivity contribution in [2.45, 2.75) is 18.9 Å². The van der Waals surface area contributed by atoms with E-state index in [9.17, 15) is 9.18 Å². The van der Waals surface area contributed by atoms with Crippen molar-refractivity contribution in [3.63, 3.8) is 0 Å². The highest BCUT2D eigenvalue weighted by Crippen LogP contribution is 2.19. The number of benzene rings is 1. The molecule has 0 spiro atoms. The molecule has 3 N–H and O–H groups in total. The van der Waals surface area contributed by atoms with Gasteiger partial charge in [0.15, 0.2) is 0 Å². The predicted molar refractivity (Wildman–Crippen MR) is 69.2 cm³/mol. The van der Waals surface area contributed by atoms with Crippen molar-refractivity contribution in [1.29, 1.82) is 0 Å². The average Bonchev–Trinajstić information content (AvgIpc) is 2.41. The molecule has 1 aromatic carbocycles. The van der Waals surface area contributed by atoms with Crippen molar-refractivity contribution in [2.75, 3.05) is 30.9 Å². The zero-order valence-corrected chi connectivity index (χ0v) is 10.5. The van der Waals surface area contributed by atoms with Gasteiger partial charge in [-0.1, -0.05) is 0 Å². The van der Waals surface area contributed by atoms with Gasteiger partial charge in [0.05, 0.1) is 17.5 Å². The molecule has 19 heavy (non-hydrogen) atoms. The number of anilines is 2. The molecule has 1 heterocycles. The Balaban J connectivity index is 1.80. The van der Waals surface area contributed by atoms with E-state index in [1.54, 1.807) is 0 Å². The van der Waals surface area contributed by atoms with Crippen LogP contribution in [0.5, 0.6) is 0 Å². The number of ether oxygens (including phenoxy) is 2. The van der Waals surface area contributed by atoms with Gasteiger partial charge in [0, 0.05) is 13.2 Å². The Kier molecular flexibility index (Phi) is 4.70. The van der Waals surface area contributed by atoms with Crippen molar-refractivity contribution in [2.24, 2.45) is 0 Å². The van der Waals surface area contributed by atoms with E-state index in [2.05, 4.69) is 5.32 Å². The summed E-state index contributed by atoms with van der Waals surface area (Å²) in [7, 11) is 0. The molecule has 1 saturated heterocycles. The molecule has 0 aliphatic carbocycles. The Hall–Kier alpha value is -1.66. The fourth-order valence-corrected chi connectivity index (χ4v) is 1.87. The molecule has 1 aliphatic rings. The summed E-state index contributed by atoms with van der Waals surface area (Å²) in [6.45, 7) is 1.29. The summed E-state index contributed by atoms with van der Waals surface area (Å²) in [5, 5.41) is 2.59. The van der Waals surface area contributed by atoms with Crippen LogP contribution in [0, 0.1) is 5.82 Å². The normalized spacial score (nSPS) is 16.3. The zero-order chi connectivity index (χ0) is 13.7. The van der Waals surface area contributed by atoms with Gasteiger partial charge in [0.25, 0.3) is 0 Å². The number of amides is 1. The Labute approximate surface area is 110 Å². The highest BCUT2D eigenvalue weighted by Gasteiger charge is 2.15. The molecule has 1 fully saturated rings. The zero-order valence-electron chi connectivity index (χ0n) is 10.5. The van der Waals surface area contributed by atoms with Crippen LogP contribution < -0.4 is 11.1 Å². The molecular weight excluding hydrogens is 251 g/mol. The van der Waals surface area contributed by atoms with Crippen LogP contribution in [0.3, 0.4) is 0 Å². The van der Waals surface area contributed by atoms with Gasteiger partial charge in [0.2, 0.25) is 5.91 Å². The molecule has 6 heteroatoms. The Morgan fingerprint density at radius 2 is 2.21 bits per heavy atom. The minimum Gasteiger partial charge on any atom is -0.397 e. The molecule has 0 saturated carbocycles. The standard InChI is InChI=1S/C13H17FN2O3/c14-9-1-2-12(11(15)7-9)16-13(17)8-19-10-3-5-18-6-4-10/h1-2,7,10H,3-6,8,15H2,(H,16,17). The highest BCUT2D eigenvalue weighted by molar-refractivity contribution is 5.94. The van der Waals surface area contributed by atoms with Crippen LogP contribution in [-0.2, 0) is 14.3 Å². The van der Waals surface area contributed by atoms with Gasteiger partial charge >= 0.3 is 0 Å². The molecule has 0 unspecified atom stereocenters. The van der Waals surface area contributed by atoms with E-state index in [-0.39, 0.29) is 24.3 Å². The molecule has 5 nitrogen and oxygen atoms in total. The molecule has 0 bridgehead atoms. The van der Waals surface area contributed by atoms with Gasteiger partial charge in [0.1, 0.15) is 12.4 Å². The molecule has 0 aromatic heterocycles. The molecule has 2 rings (SSSR count). The lowest BCUT2D eigenvalue weighted by molar-refractivity contribution is -0.124. The minimum absolute atomic E-state index is 0.0402. The first kappa shape index (κ1) is 13.8. The maximum Gasteiger partial charge on any atom is 0.250 e. The van der Waals surface area contributed by atoms with E-state index in [4.69, 9.17) is 15.2 Å². The van der Waals surface area contributed by atoms with Gasteiger partial charge in [-0.15, -0.1) is 0 Å². The molecule has 1 aromatic rings. The van der Waals surface area contributed by atoms with Crippen LogP contribution >= 0.6 is 0 Å². The number of carbonyl (C=O) groups excluding carboxylic acids is 1. The molecule has 0 radical (unpaired) electrons. The van der Waals surface area contributed by atoms with Crippen LogP contribution in [0.2, 0.25) is 0 Å². The summed E-state index contributed by atoms with van der Waals surface area (Å²) in [4.78, 5) is 11.7. The van der Waals surface area contributed by atoms with Crippen LogP contribution in [0.25, 0.3) is 0 Å². The number of rotatable bonds is 4. The number of nitrogens with two attached hydrogens (primary N) is 1. The molecule has 1 amide bonds. The van der Waals surface area contributed by atoms with Crippen molar-refractivity contribution in [3.05, 3.63) is 24.0 Å². The summed E-state index contributed by atoms with van der Waals surface area (Å²) < 4.78 is 23.5. The van der Waals surface area contributed by atoms with Crippen molar-refractivity contribution < 1.29 is 18.7 Å². The number of nitrogens with one attached hydrogen (secondary N) is 1. The van der Waals surface area contributed by atoms with E-state index in [1.807, 2.05) is 0 Å². The average molecular weight is 268 g/mol. The van der Waals surface area contributed by atoms with Crippen LogP contribution in [0.1, 0.15) is 12.8 Å². The second-order valence-electron chi connectivity index (χ2n) is 4.40. The molecular formula is C13H17FN2O3. The predicted octanol–water partition coefficient (Wildman–Crippen LogP) is 1.54. The second-order valence-corrected chi connectivity index (χ2v) is 4.40. The van der Waals surface area contributed by atoms with Gasteiger partial charge < -0.3 is 20.5 Å². The lowest BCUT2D eigenvalue weighted by Gasteiger charge is -2.22. The number of nitrogen functional groups attached to an aromatic ring is 1. The molecule has 0 atom stereocenters. The minimum atomic E-state index is -0.436. The van der Waals surface area contributed by atoms with Crippen molar-refractivity contribution in [3.8, 4) is 0 Å². The summed E-state index contributed by atoms with van der Waals surface area (Å²) in [5.74, 6) is -0.737. The summed E-state index contributed by atoms with van der Waals surface area (Å²) in [5.41, 5.74) is 6.18. The van der Waals surface area contributed by atoms with E-state index < -0.39 is 5.82 Å². The summed E-state index contributed by atoms with van der Waals surface area (Å²) in [6, 6.07) is 3.83. The number of hydrogen-bond acceptors (Lipinski definition) is 4. The number of hydrogen-bond donors (Lipinski definition) is 2. The SMILES string of the molecule is Nc1cc(F)ccc1NC(=O)COC1CCOCC1. The van der Waals surface area contributed by atoms with Crippen molar-refractivity contribution >= 4 is 17.3 Å². The number of carbonyl (C=O) groups is 1. The highest BCUT2D eigenvalue weighted by atomic mass is 19.1. The van der Waals surface area contributed by atoms with E-state index in [0.717, 1.165) is 18.9 Å². The quantitative estimate of drug-likeness (QED) is 0.812. The van der Waals surface area contributed by atoms with Crippen LogP contribution in [0.15, 0.2) is 18.2 Å². The Morgan fingerprint density at radius 3 is 2.89 bits per heavy atom. The van der Waals surface area contributed by atoms with Crippen LogP contribution in [0.4, 0.5) is 15.8 Å². The first-order valence-corrected chi connectivity index (χ1v) is 6.19. The first-order chi connectivity index (χ1) is 9.15. The Morgan fingerprint density at radius 1 is 1.47 bits per heavy atom. The van der Waals surface area contributed by atoms with Crippen molar-refractivity contribution in [1.82, 2.24) is 0 Å². The van der Waals surface area contributed by atoms with E-state index in [1.165, 1.54) is 12.1 Å². The second kappa shape index (κ2) is 6.49. The third-order valence-electron chi connectivity index (χ3n) is 2.91. The van der Waals surface area contributed by atoms with Gasteiger partial charge in [-0.3, -0.25) is 4.79 Å². The molecule has 104 valence electrons. The lowest BCUT2D eigenvalue weighted by Crippen LogP contribution is -2.28. The summed E-state index contributed by atoms with van der Waals surface area (Å²) in [6.07, 6.45) is 1.66. The molecule has 1 aliphatic heterocycles. The van der Waals surface area contributed by atoms with Crippen LogP contribution in [-0.4, -0.2) is 31.8 Å². The maximum atomic E-state index is 12.8.